The first-order valence-corrected chi connectivity index (χ1v) is 7.24. The minimum atomic E-state index is 0.529. The van der Waals surface area contributed by atoms with Gasteiger partial charge in [-0.15, -0.1) is 10.2 Å². The summed E-state index contributed by atoms with van der Waals surface area (Å²) in [6.45, 7) is 5.28. The average Bonchev–Trinajstić information content (AvgIpc) is 2.97. The maximum Gasteiger partial charge on any atom is 0.220 e. The summed E-state index contributed by atoms with van der Waals surface area (Å²) >= 11 is 1.69. The van der Waals surface area contributed by atoms with Gasteiger partial charge in [-0.25, -0.2) is 0 Å². The van der Waals surface area contributed by atoms with Crippen molar-refractivity contribution in [3.63, 3.8) is 0 Å². The summed E-state index contributed by atoms with van der Waals surface area (Å²) in [6, 6.07) is 2.61. The molecular formula is C13H19N3OS. The molecule has 18 heavy (non-hydrogen) atoms. The molecular weight excluding hydrogens is 246 g/mol. The highest BCUT2D eigenvalue weighted by molar-refractivity contribution is 7.07. The summed E-state index contributed by atoms with van der Waals surface area (Å²) < 4.78 is 5.62. The van der Waals surface area contributed by atoms with E-state index in [-0.39, 0.29) is 0 Å². The molecule has 0 bridgehead atoms. The van der Waals surface area contributed by atoms with Crippen molar-refractivity contribution in [2.24, 2.45) is 0 Å². The first-order chi connectivity index (χ1) is 8.74. The standard InChI is InChI=1S/C13H19N3OS/c1-10(2)14-6-3-4-12-15-16-13(17-12)8-11-5-7-18-9-11/h5,7,9-10,14H,3-4,6,8H2,1-2H3. The number of rotatable bonds is 7. The quantitative estimate of drug-likeness (QED) is 0.782. The fourth-order valence-corrected chi connectivity index (χ4v) is 2.33. The summed E-state index contributed by atoms with van der Waals surface area (Å²) in [5.74, 6) is 1.45. The van der Waals surface area contributed by atoms with Crippen LogP contribution in [0, 0.1) is 0 Å². The van der Waals surface area contributed by atoms with Crippen LogP contribution in [0.15, 0.2) is 21.2 Å². The second-order valence-electron chi connectivity index (χ2n) is 4.61. The first kappa shape index (κ1) is 13.2. The van der Waals surface area contributed by atoms with Crippen molar-refractivity contribution in [2.45, 2.75) is 39.2 Å². The molecule has 0 saturated carbocycles. The fraction of sp³-hybridized carbons (Fsp3) is 0.538. The van der Waals surface area contributed by atoms with Crippen molar-refractivity contribution < 1.29 is 4.42 Å². The van der Waals surface area contributed by atoms with Gasteiger partial charge in [0.25, 0.3) is 0 Å². The van der Waals surface area contributed by atoms with E-state index in [2.05, 4.69) is 46.2 Å². The monoisotopic (exact) mass is 265 g/mol. The lowest BCUT2D eigenvalue weighted by atomic mass is 10.2. The number of hydrogen-bond acceptors (Lipinski definition) is 5. The van der Waals surface area contributed by atoms with Gasteiger partial charge in [0, 0.05) is 12.5 Å². The number of nitrogens with one attached hydrogen (secondary N) is 1. The third kappa shape index (κ3) is 4.23. The summed E-state index contributed by atoms with van der Waals surface area (Å²) in [5, 5.41) is 15.7. The maximum absolute atomic E-state index is 5.62. The van der Waals surface area contributed by atoms with Crippen molar-refractivity contribution in [2.75, 3.05) is 6.54 Å². The molecule has 0 unspecified atom stereocenters. The summed E-state index contributed by atoms with van der Waals surface area (Å²) in [7, 11) is 0. The molecule has 0 aliphatic heterocycles. The molecule has 1 N–H and O–H groups in total. The van der Waals surface area contributed by atoms with Gasteiger partial charge in [0.1, 0.15) is 0 Å². The zero-order chi connectivity index (χ0) is 12.8. The molecule has 0 aromatic carbocycles. The molecule has 2 aromatic heterocycles. The predicted octanol–water partition coefficient (Wildman–Crippen LogP) is 2.65. The molecule has 0 radical (unpaired) electrons. The first-order valence-electron chi connectivity index (χ1n) is 6.30. The molecule has 0 atom stereocenters. The Bertz CT molecular complexity index is 451. The Balaban J connectivity index is 1.76. The van der Waals surface area contributed by atoms with E-state index in [0.29, 0.717) is 11.9 Å². The lowest BCUT2D eigenvalue weighted by Crippen LogP contribution is -2.23. The normalized spacial score (nSPS) is 11.3. The molecule has 2 heterocycles. The Morgan fingerprint density at radius 1 is 1.33 bits per heavy atom. The molecule has 2 aromatic rings. The van der Waals surface area contributed by atoms with Crippen LogP contribution in [0.25, 0.3) is 0 Å². The van der Waals surface area contributed by atoms with Crippen molar-refractivity contribution in [3.8, 4) is 0 Å². The molecule has 5 heteroatoms. The van der Waals surface area contributed by atoms with Crippen molar-refractivity contribution in [1.29, 1.82) is 0 Å². The van der Waals surface area contributed by atoms with Gasteiger partial charge in [0.15, 0.2) is 0 Å². The van der Waals surface area contributed by atoms with Crippen LogP contribution in [0.1, 0.15) is 37.6 Å². The van der Waals surface area contributed by atoms with E-state index in [0.717, 1.165) is 31.7 Å². The van der Waals surface area contributed by atoms with Crippen molar-refractivity contribution in [1.82, 2.24) is 15.5 Å². The van der Waals surface area contributed by atoms with E-state index in [4.69, 9.17) is 4.42 Å². The lowest BCUT2D eigenvalue weighted by molar-refractivity contribution is 0.446. The molecule has 0 aliphatic carbocycles. The average molecular weight is 265 g/mol. The van der Waals surface area contributed by atoms with E-state index in [9.17, 15) is 0 Å². The van der Waals surface area contributed by atoms with Crippen LogP contribution in [0.2, 0.25) is 0 Å². The zero-order valence-corrected chi connectivity index (χ0v) is 11.7. The number of aromatic nitrogens is 2. The smallest absolute Gasteiger partial charge is 0.220 e. The van der Waals surface area contributed by atoms with E-state index in [1.165, 1.54) is 5.56 Å². The van der Waals surface area contributed by atoms with E-state index in [1.807, 2.05) is 0 Å². The Morgan fingerprint density at radius 2 is 2.17 bits per heavy atom. The van der Waals surface area contributed by atoms with Crippen LogP contribution in [0.3, 0.4) is 0 Å². The van der Waals surface area contributed by atoms with Crippen LogP contribution in [-0.2, 0) is 12.8 Å². The minimum absolute atomic E-state index is 0.529. The highest BCUT2D eigenvalue weighted by Gasteiger charge is 2.07. The van der Waals surface area contributed by atoms with E-state index >= 15 is 0 Å². The highest BCUT2D eigenvalue weighted by Crippen LogP contribution is 2.12. The zero-order valence-electron chi connectivity index (χ0n) is 10.8. The van der Waals surface area contributed by atoms with Crippen molar-refractivity contribution in [3.05, 3.63) is 34.2 Å². The van der Waals surface area contributed by atoms with Crippen LogP contribution in [0.4, 0.5) is 0 Å². The minimum Gasteiger partial charge on any atom is -0.425 e. The van der Waals surface area contributed by atoms with Gasteiger partial charge < -0.3 is 9.73 Å². The van der Waals surface area contributed by atoms with Crippen molar-refractivity contribution >= 4 is 11.3 Å². The van der Waals surface area contributed by atoms with Crippen LogP contribution < -0.4 is 5.32 Å². The number of nitrogens with zero attached hydrogens (tertiary/aromatic N) is 2. The van der Waals surface area contributed by atoms with Gasteiger partial charge >= 0.3 is 0 Å². The third-order valence-corrected chi connectivity index (χ3v) is 3.30. The second-order valence-corrected chi connectivity index (χ2v) is 5.39. The number of hydrogen-bond donors (Lipinski definition) is 1. The third-order valence-electron chi connectivity index (χ3n) is 2.56. The van der Waals surface area contributed by atoms with Gasteiger partial charge in [0.05, 0.1) is 6.42 Å². The molecule has 0 spiro atoms. The highest BCUT2D eigenvalue weighted by atomic mass is 32.1. The molecule has 0 amide bonds. The Kier molecular flexibility index (Phi) is 4.90. The van der Waals surface area contributed by atoms with Gasteiger partial charge in [-0.1, -0.05) is 13.8 Å². The molecule has 0 saturated heterocycles. The SMILES string of the molecule is CC(C)NCCCc1nnc(Cc2ccsc2)o1. The fourth-order valence-electron chi connectivity index (χ4n) is 1.66. The maximum atomic E-state index is 5.62. The Labute approximate surface area is 111 Å². The molecule has 98 valence electrons. The topological polar surface area (TPSA) is 51.0 Å². The lowest BCUT2D eigenvalue weighted by Gasteiger charge is -2.05. The van der Waals surface area contributed by atoms with E-state index in [1.54, 1.807) is 11.3 Å². The molecule has 0 fully saturated rings. The van der Waals surface area contributed by atoms with Crippen LogP contribution in [-0.4, -0.2) is 22.8 Å². The van der Waals surface area contributed by atoms with Gasteiger partial charge in [-0.3, -0.25) is 0 Å². The Hall–Kier alpha value is -1.20. The number of aryl methyl sites for hydroxylation is 1. The largest absolute Gasteiger partial charge is 0.425 e. The predicted molar refractivity (Wildman–Crippen MR) is 72.9 cm³/mol. The molecule has 2 rings (SSSR count). The van der Waals surface area contributed by atoms with Crippen LogP contribution in [0.5, 0.6) is 0 Å². The van der Waals surface area contributed by atoms with Crippen LogP contribution >= 0.6 is 11.3 Å². The van der Waals surface area contributed by atoms with Gasteiger partial charge in [-0.2, -0.15) is 11.3 Å². The molecule has 4 nitrogen and oxygen atoms in total. The van der Waals surface area contributed by atoms with Gasteiger partial charge in [-0.05, 0) is 35.4 Å². The summed E-state index contributed by atoms with van der Waals surface area (Å²) in [4.78, 5) is 0. The van der Waals surface area contributed by atoms with Gasteiger partial charge in [0.2, 0.25) is 11.8 Å². The summed E-state index contributed by atoms with van der Waals surface area (Å²) in [6.07, 6.45) is 2.61. The number of thiophene rings is 1. The Morgan fingerprint density at radius 3 is 2.89 bits per heavy atom. The summed E-state index contributed by atoms with van der Waals surface area (Å²) in [5.41, 5.74) is 1.23. The second kappa shape index (κ2) is 6.66. The van der Waals surface area contributed by atoms with E-state index < -0.39 is 0 Å². The molecule has 0 aliphatic rings.